The Morgan fingerprint density at radius 3 is 3.21 bits per heavy atom. The third kappa shape index (κ3) is 2.02. The molecule has 0 aromatic carbocycles. The molecule has 0 radical (unpaired) electrons. The Hall–Kier alpha value is -1.14. The molecular formula is C8H11N3O2S. The smallest absolute Gasteiger partial charge is 0.249 e. The molecule has 1 saturated heterocycles. The number of morpholine rings is 1. The number of nitrogens with zero attached hydrogens (tertiary/aromatic N) is 2. The second-order valence-corrected chi connectivity index (χ2v) is 3.93. The SMILES string of the molecule is Nc1nc(CN2CCOCC2=O)cs1. The molecule has 1 aliphatic heterocycles. The van der Waals surface area contributed by atoms with E-state index >= 15 is 0 Å². The van der Waals surface area contributed by atoms with Gasteiger partial charge in [0.15, 0.2) is 5.13 Å². The van der Waals surface area contributed by atoms with Crippen molar-refractivity contribution in [2.24, 2.45) is 0 Å². The van der Waals surface area contributed by atoms with Crippen molar-refractivity contribution in [3.8, 4) is 0 Å². The molecule has 0 spiro atoms. The predicted molar refractivity (Wildman–Crippen MR) is 52.8 cm³/mol. The van der Waals surface area contributed by atoms with E-state index < -0.39 is 0 Å². The van der Waals surface area contributed by atoms with Gasteiger partial charge in [-0.3, -0.25) is 4.79 Å². The number of amides is 1. The molecule has 2 N–H and O–H groups in total. The van der Waals surface area contributed by atoms with Gasteiger partial charge >= 0.3 is 0 Å². The van der Waals surface area contributed by atoms with Crippen LogP contribution < -0.4 is 5.73 Å². The number of aromatic nitrogens is 1. The number of carbonyl (C=O) groups is 1. The fourth-order valence-electron chi connectivity index (χ4n) is 1.31. The summed E-state index contributed by atoms with van der Waals surface area (Å²) in [6.45, 7) is 1.96. The Balaban J connectivity index is 1.99. The van der Waals surface area contributed by atoms with Gasteiger partial charge in [0.1, 0.15) is 6.61 Å². The minimum atomic E-state index is 0.0165. The molecular weight excluding hydrogens is 202 g/mol. The van der Waals surface area contributed by atoms with Crippen molar-refractivity contribution in [2.75, 3.05) is 25.5 Å². The molecule has 1 aromatic rings. The van der Waals surface area contributed by atoms with Crippen molar-refractivity contribution >= 4 is 22.4 Å². The molecule has 0 unspecified atom stereocenters. The van der Waals surface area contributed by atoms with Crippen molar-refractivity contribution in [2.45, 2.75) is 6.54 Å². The van der Waals surface area contributed by atoms with Crippen LogP contribution in [0.15, 0.2) is 5.38 Å². The lowest BCUT2D eigenvalue weighted by Gasteiger charge is -2.25. The van der Waals surface area contributed by atoms with Crippen molar-refractivity contribution in [3.05, 3.63) is 11.1 Å². The molecule has 2 rings (SSSR count). The maximum Gasteiger partial charge on any atom is 0.249 e. The summed E-state index contributed by atoms with van der Waals surface area (Å²) in [5, 5.41) is 2.42. The third-order valence-corrected chi connectivity index (χ3v) is 2.73. The van der Waals surface area contributed by atoms with E-state index in [1.54, 1.807) is 4.90 Å². The standard InChI is InChI=1S/C8H11N3O2S/c9-8-10-6(5-14-8)3-11-1-2-13-4-7(11)12/h5H,1-4H2,(H2,9,10). The lowest BCUT2D eigenvalue weighted by Crippen LogP contribution is -2.40. The average Bonchev–Trinajstić information content (AvgIpc) is 2.56. The van der Waals surface area contributed by atoms with Crippen LogP contribution in [0.5, 0.6) is 0 Å². The van der Waals surface area contributed by atoms with Crippen LogP contribution in [0, 0.1) is 0 Å². The highest BCUT2D eigenvalue weighted by Gasteiger charge is 2.19. The van der Waals surface area contributed by atoms with Crippen molar-refractivity contribution < 1.29 is 9.53 Å². The van der Waals surface area contributed by atoms with Gasteiger partial charge in [-0.25, -0.2) is 4.98 Å². The third-order valence-electron chi connectivity index (χ3n) is 2.01. The summed E-state index contributed by atoms with van der Waals surface area (Å²) in [4.78, 5) is 17.2. The highest BCUT2D eigenvalue weighted by molar-refractivity contribution is 7.13. The summed E-state index contributed by atoms with van der Waals surface area (Å²) in [6, 6.07) is 0. The largest absolute Gasteiger partial charge is 0.375 e. The lowest BCUT2D eigenvalue weighted by atomic mass is 10.3. The normalized spacial score (nSPS) is 17.4. The molecule has 1 fully saturated rings. The maximum atomic E-state index is 11.4. The molecule has 0 aliphatic carbocycles. The summed E-state index contributed by atoms with van der Waals surface area (Å²) in [6.07, 6.45) is 0. The minimum Gasteiger partial charge on any atom is -0.375 e. The van der Waals surface area contributed by atoms with Gasteiger partial charge in [-0.1, -0.05) is 0 Å². The van der Waals surface area contributed by atoms with Crippen molar-refractivity contribution in [1.82, 2.24) is 9.88 Å². The number of nitrogen functional groups attached to an aromatic ring is 1. The Morgan fingerprint density at radius 2 is 2.57 bits per heavy atom. The second kappa shape index (κ2) is 3.93. The number of carbonyl (C=O) groups excluding carboxylic acids is 1. The molecule has 76 valence electrons. The van der Waals surface area contributed by atoms with Gasteiger partial charge < -0.3 is 15.4 Å². The van der Waals surface area contributed by atoms with Gasteiger partial charge in [0.05, 0.1) is 18.8 Å². The number of hydrogen-bond acceptors (Lipinski definition) is 5. The number of ether oxygens (including phenoxy) is 1. The van der Waals surface area contributed by atoms with E-state index in [0.717, 1.165) is 5.69 Å². The first kappa shape index (κ1) is 9.42. The van der Waals surface area contributed by atoms with E-state index in [0.29, 0.717) is 24.8 Å². The van der Waals surface area contributed by atoms with Crippen LogP contribution in [0.2, 0.25) is 0 Å². The minimum absolute atomic E-state index is 0.0165. The number of thiazole rings is 1. The van der Waals surface area contributed by atoms with Gasteiger partial charge in [-0.2, -0.15) is 0 Å². The monoisotopic (exact) mass is 213 g/mol. The van der Waals surface area contributed by atoms with E-state index in [9.17, 15) is 4.79 Å². The molecule has 5 nitrogen and oxygen atoms in total. The molecule has 0 saturated carbocycles. The predicted octanol–water partition coefficient (Wildman–Crippen LogP) is 0.0841. The van der Waals surface area contributed by atoms with Crippen LogP contribution in [0.4, 0.5) is 5.13 Å². The molecule has 2 heterocycles. The zero-order chi connectivity index (χ0) is 9.97. The van der Waals surface area contributed by atoms with Gasteiger partial charge in [-0.15, -0.1) is 11.3 Å². The van der Waals surface area contributed by atoms with Crippen LogP contribution in [0.1, 0.15) is 5.69 Å². The van der Waals surface area contributed by atoms with E-state index in [2.05, 4.69) is 4.98 Å². The van der Waals surface area contributed by atoms with Gasteiger partial charge in [0, 0.05) is 11.9 Å². The molecule has 6 heteroatoms. The number of hydrogen-bond donors (Lipinski definition) is 1. The Bertz CT molecular complexity index is 339. The first-order chi connectivity index (χ1) is 6.75. The van der Waals surface area contributed by atoms with Crippen LogP contribution >= 0.6 is 11.3 Å². The quantitative estimate of drug-likeness (QED) is 0.755. The number of nitrogens with two attached hydrogens (primary N) is 1. The van der Waals surface area contributed by atoms with Crippen LogP contribution in [-0.2, 0) is 16.1 Å². The molecule has 1 aliphatic rings. The Kier molecular flexibility index (Phi) is 2.64. The van der Waals surface area contributed by atoms with Gasteiger partial charge in [0.25, 0.3) is 0 Å². The summed E-state index contributed by atoms with van der Waals surface area (Å²) in [5.74, 6) is 0.0165. The van der Waals surface area contributed by atoms with E-state index in [-0.39, 0.29) is 12.5 Å². The average molecular weight is 213 g/mol. The molecule has 1 aromatic heterocycles. The zero-order valence-electron chi connectivity index (χ0n) is 7.60. The summed E-state index contributed by atoms with van der Waals surface area (Å²) in [7, 11) is 0. The fourth-order valence-corrected chi connectivity index (χ4v) is 1.86. The van der Waals surface area contributed by atoms with Gasteiger partial charge in [-0.05, 0) is 0 Å². The van der Waals surface area contributed by atoms with E-state index in [1.807, 2.05) is 5.38 Å². The van der Waals surface area contributed by atoms with Gasteiger partial charge in [0.2, 0.25) is 5.91 Å². The van der Waals surface area contributed by atoms with Crippen LogP contribution in [0.25, 0.3) is 0 Å². The highest BCUT2D eigenvalue weighted by atomic mass is 32.1. The molecule has 0 bridgehead atoms. The van der Waals surface area contributed by atoms with Crippen LogP contribution in [0.3, 0.4) is 0 Å². The Morgan fingerprint density at radius 1 is 1.71 bits per heavy atom. The number of rotatable bonds is 2. The maximum absolute atomic E-state index is 11.4. The lowest BCUT2D eigenvalue weighted by molar-refractivity contribution is -0.143. The topological polar surface area (TPSA) is 68.4 Å². The molecule has 1 amide bonds. The molecule has 14 heavy (non-hydrogen) atoms. The van der Waals surface area contributed by atoms with Crippen LogP contribution in [-0.4, -0.2) is 35.5 Å². The number of anilines is 1. The first-order valence-corrected chi connectivity index (χ1v) is 5.19. The fraction of sp³-hybridized carbons (Fsp3) is 0.500. The Labute approximate surface area is 85.5 Å². The zero-order valence-corrected chi connectivity index (χ0v) is 8.42. The van der Waals surface area contributed by atoms with Crippen molar-refractivity contribution in [1.29, 1.82) is 0 Å². The summed E-state index contributed by atoms with van der Waals surface area (Å²) in [5.41, 5.74) is 6.35. The van der Waals surface area contributed by atoms with E-state index in [1.165, 1.54) is 11.3 Å². The van der Waals surface area contributed by atoms with E-state index in [4.69, 9.17) is 10.5 Å². The second-order valence-electron chi connectivity index (χ2n) is 3.04. The molecule has 0 atom stereocenters. The summed E-state index contributed by atoms with van der Waals surface area (Å²) < 4.78 is 5.02. The highest BCUT2D eigenvalue weighted by Crippen LogP contribution is 2.13. The summed E-state index contributed by atoms with van der Waals surface area (Å²) >= 11 is 1.39. The first-order valence-electron chi connectivity index (χ1n) is 4.31. The van der Waals surface area contributed by atoms with Crippen molar-refractivity contribution in [3.63, 3.8) is 0 Å².